The second-order valence-corrected chi connectivity index (χ2v) is 6.93. The molecule has 0 rings (SSSR count). The van der Waals surface area contributed by atoms with E-state index in [1.165, 1.54) is 0 Å². The van der Waals surface area contributed by atoms with Crippen LogP contribution in [0.4, 0.5) is 4.79 Å². The second kappa shape index (κ2) is 9.60. The highest BCUT2D eigenvalue weighted by Crippen LogP contribution is 2.07. The molecule has 1 unspecified atom stereocenters. The SMILES string of the molecule is CC(C)(C)OC(=O)NNC(CCI)CCCI. The van der Waals surface area contributed by atoms with E-state index in [1.54, 1.807) is 0 Å². The van der Waals surface area contributed by atoms with Gasteiger partial charge in [0.2, 0.25) is 0 Å². The standard InChI is InChI=1S/C11H22I2N2O2/c1-11(2,3)17-10(16)15-14-9(6-8-13)5-4-7-12/h9,14H,4-8H2,1-3H3,(H,15,16). The first-order chi connectivity index (χ1) is 7.89. The first-order valence-electron chi connectivity index (χ1n) is 5.75. The van der Waals surface area contributed by atoms with Crippen molar-refractivity contribution >= 4 is 51.3 Å². The number of hydrogen-bond donors (Lipinski definition) is 2. The van der Waals surface area contributed by atoms with Crippen LogP contribution in [0.5, 0.6) is 0 Å². The van der Waals surface area contributed by atoms with E-state index in [4.69, 9.17) is 4.74 Å². The van der Waals surface area contributed by atoms with E-state index in [0.717, 1.165) is 28.1 Å². The number of amides is 1. The maximum atomic E-state index is 11.4. The van der Waals surface area contributed by atoms with Crippen molar-refractivity contribution in [3.8, 4) is 0 Å². The van der Waals surface area contributed by atoms with Crippen LogP contribution in [-0.4, -0.2) is 26.6 Å². The van der Waals surface area contributed by atoms with Gasteiger partial charge in [-0.3, -0.25) is 5.43 Å². The molecule has 0 radical (unpaired) electrons. The molecule has 0 fully saturated rings. The van der Waals surface area contributed by atoms with Gasteiger partial charge in [-0.05, 0) is 44.5 Å². The number of nitrogens with one attached hydrogen (secondary N) is 2. The van der Waals surface area contributed by atoms with Crippen LogP contribution >= 0.6 is 45.2 Å². The molecule has 0 aliphatic heterocycles. The summed E-state index contributed by atoms with van der Waals surface area (Å²) >= 11 is 4.71. The molecule has 0 aromatic carbocycles. The fourth-order valence-electron chi connectivity index (χ4n) is 1.21. The summed E-state index contributed by atoms with van der Waals surface area (Å²) in [7, 11) is 0. The minimum Gasteiger partial charge on any atom is -0.443 e. The zero-order valence-corrected chi connectivity index (χ0v) is 15.0. The molecule has 17 heavy (non-hydrogen) atoms. The summed E-state index contributed by atoms with van der Waals surface area (Å²) < 4.78 is 7.37. The summed E-state index contributed by atoms with van der Waals surface area (Å²) in [6.45, 7) is 5.56. The minimum atomic E-state index is -0.452. The van der Waals surface area contributed by atoms with Crippen molar-refractivity contribution in [1.29, 1.82) is 0 Å². The molecule has 0 aliphatic rings. The Balaban J connectivity index is 3.90. The van der Waals surface area contributed by atoms with E-state index in [1.807, 2.05) is 20.8 Å². The summed E-state index contributed by atoms with van der Waals surface area (Å²) in [6, 6.07) is 0.328. The number of carbonyl (C=O) groups excluding carboxylic acids is 1. The van der Waals surface area contributed by atoms with Crippen molar-refractivity contribution in [1.82, 2.24) is 10.9 Å². The third-order valence-electron chi connectivity index (χ3n) is 1.92. The molecule has 0 aliphatic carbocycles. The van der Waals surface area contributed by atoms with Crippen LogP contribution in [0.15, 0.2) is 0 Å². The van der Waals surface area contributed by atoms with Gasteiger partial charge in [-0.1, -0.05) is 45.2 Å². The Labute approximate surface area is 131 Å². The lowest BCUT2D eigenvalue weighted by Gasteiger charge is -2.22. The molecule has 1 amide bonds. The molecule has 2 N–H and O–H groups in total. The van der Waals surface area contributed by atoms with Crippen LogP contribution in [0, 0.1) is 0 Å². The van der Waals surface area contributed by atoms with E-state index in [9.17, 15) is 4.79 Å². The number of halogens is 2. The summed E-state index contributed by atoms with van der Waals surface area (Å²) in [6.07, 6.45) is 2.87. The molecule has 0 heterocycles. The number of hydrazine groups is 1. The van der Waals surface area contributed by atoms with Gasteiger partial charge >= 0.3 is 6.09 Å². The van der Waals surface area contributed by atoms with Gasteiger partial charge in [0.1, 0.15) is 5.60 Å². The van der Waals surface area contributed by atoms with Crippen LogP contribution in [0.3, 0.4) is 0 Å². The molecule has 6 heteroatoms. The number of alkyl halides is 2. The molecule has 102 valence electrons. The molecule has 1 atom stereocenters. The molecule has 0 spiro atoms. The summed E-state index contributed by atoms with van der Waals surface area (Å²) in [5.41, 5.74) is 5.21. The normalized spacial score (nSPS) is 13.2. The van der Waals surface area contributed by atoms with Crippen molar-refractivity contribution in [2.45, 2.75) is 51.7 Å². The monoisotopic (exact) mass is 468 g/mol. The first kappa shape index (κ1) is 17.7. The van der Waals surface area contributed by atoms with E-state index in [2.05, 4.69) is 56.0 Å². The topological polar surface area (TPSA) is 50.4 Å². The minimum absolute atomic E-state index is 0.328. The van der Waals surface area contributed by atoms with Crippen LogP contribution < -0.4 is 10.9 Å². The third kappa shape index (κ3) is 11.5. The fourth-order valence-corrected chi connectivity index (χ4v) is 2.40. The van der Waals surface area contributed by atoms with Crippen molar-refractivity contribution in [2.24, 2.45) is 0 Å². The van der Waals surface area contributed by atoms with Gasteiger partial charge in [-0.15, -0.1) is 0 Å². The zero-order valence-electron chi connectivity index (χ0n) is 10.7. The largest absolute Gasteiger partial charge is 0.443 e. The lowest BCUT2D eigenvalue weighted by Crippen LogP contribution is -2.46. The van der Waals surface area contributed by atoms with Gasteiger partial charge in [-0.2, -0.15) is 0 Å². The lowest BCUT2D eigenvalue weighted by atomic mass is 10.1. The molecule has 0 saturated heterocycles. The van der Waals surface area contributed by atoms with Crippen LogP contribution in [-0.2, 0) is 4.74 Å². The van der Waals surface area contributed by atoms with Crippen LogP contribution in [0.25, 0.3) is 0 Å². The maximum absolute atomic E-state index is 11.4. The average molecular weight is 468 g/mol. The smallest absolute Gasteiger partial charge is 0.422 e. The molecular weight excluding hydrogens is 446 g/mol. The van der Waals surface area contributed by atoms with Crippen LogP contribution in [0.2, 0.25) is 0 Å². The first-order valence-corrected chi connectivity index (χ1v) is 8.80. The highest BCUT2D eigenvalue weighted by Gasteiger charge is 2.16. The summed E-state index contributed by atoms with van der Waals surface area (Å²) in [5, 5.41) is 0. The van der Waals surface area contributed by atoms with Crippen LogP contribution in [0.1, 0.15) is 40.0 Å². The predicted octanol–water partition coefficient (Wildman–Crippen LogP) is 3.42. The van der Waals surface area contributed by atoms with Gasteiger partial charge in [0, 0.05) is 10.5 Å². The van der Waals surface area contributed by atoms with Gasteiger partial charge in [0.15, 0.2) is 0 Å². The van der Waals surface area contributed by atoms with Crippen molar-refractivity contribution in [2.75, 3.05) is 8.86 Å². The Morgan fingerprint density at radius 2 is 1.88 bits per heavy atom. The Hall–Kier alpha value is 0.690. The van der Waals surface area contributed by atoms with E-state index in [-0.39, 0.29) is 0 Å². The third-order valence-corrected chi connectivity index (χ3v) is 3.31. The maximum Gasteiger partial charge on any atom is 0.422 e. The Kier molecular flexibility index (Phi) is 9.99. The molecular formula is C11H22I2N2O2. The highest BCUT2D eigenvalue weighted by atomic mass is 127. The summed E-state index contributed by atoms with van der Waals surface area (Å²) in [5.74, 6) is 0. The quantitative estimate of drug-likeness (QED) is 0.342. The number of rotatable bonds is 7. The molecule has 4 nitrogen and oxygen atoms in total. The predicted molar refractivity (Wildman–Crippen MR) is 87.9 cm³/mol. The molecule has 0 bridgehead atoms. The molecule has 0 aromatic rings. The Morgan fingerprint density at radius 1 is 1.24 bits per heavy atom. The Bertz CT molecular complexity index is 220. The van der Waals surface area contributed by atoms with Crippen molar-refractivity contribution in [3.05, 3.63) is 0 Å². The molecule has 0 saturated carbocycles. The lowest BCUT2D eigenvalue weighted by molar-refractivity contribution is 0.0486. The molecule has 0 aromatic heterocycles. The second-order valence-electron chi connectivity index (χ2n) is 4.78. The summed E-state index contributed by atoms with van der Waals surface area (Å²) in [4.78, 5) is 11.4. The van der Waals surface area contributed by atoms with Gasteiger partial charge in [0.05, 0.1) is 0 Å². The van der Waals surface area contributed by atoms with Gasteiger partial charge < -0.3 is 4.74 Å². The number of ether oxygens (including phenoxy) is 1. The van der Waals surface area contributed by atoms with Crippen molar-refractivity contribution in [3.63, 3.8) is 0 Å². The fraction of sp³-hybridized carbons (Fsp3) is 0.909. The van der Waals surface area contributed by atoms with Gasteiger partial charge in [0.25, 0.3) is 0 Å². The highest BCUT2D eigenvalue weighted by molar-refractivity contribution is 14.1. The van der Waals surface area contributed by atoms with E-state index < -0.39 is 11.7 Å². The van der Waals surface area contributed by atoms with Gasteiger partial charge in [-0.25, -0.2) is 10.2 Å². The zero-order chi connectivity index (χ0) is 13.3. The Morgan fingerprint density at radius 3 is 2.35 bits per heavy atom. The van der Waals surface area contributed by atoms with Crippen molar-refractivity contribution < 1.29 is 9.53 Å². The number of hydrogen-bond acceptors (Lipinski definition) is 3. The number of carbonyl (C=O) groups is 1. The van der Waals surface area contributed by atoms with E-state index in [0.29, 0.717) is 6.04 Å². The average Bonchev–Trinajstić information content (AvgIpc) is 2.19. The van der Waals surface area contributed by atoms with E-state index >= 15 is 0 Å².